The summed E-state index contributed by atoms with van der Waals surface area (Å²) in [5.74, 6) is -1.44. The molecule has 3 aliphatic rings. The van der Waals surface area contributed by atoms with E-state index in [4.69, 9.17) is 0 Å². The first kappa shape index (κ1) is 17.8. The van der Waals surface area contributed by atoms with E-state index in [0.29, 0.717) is 23.3 Å². The molecular weight excluding hydrogens is 364 g/mol. The van der Waals surface area contributed by atoms with E-state index >= 15 is 0 Å². The maximum absolute atomic E-state index is 13.7. The molecule has 1 amide bonds. The lowest BCUT2D eigenvalue weighted by Crippen LogP contribution is -2.44. The molecule has 1 aliphatic heterocycles. The van der Waals surface area contributed by atoms with E-state index < -0.39 is 11.6 Å². The number of aromatic nitrogens is 2. The summed E-state index contributed by atoms with van der Waals surface area (Å²) >= 11 is 0. The van der Waals surface area contributed by atoms with Gasteiger partial charge in [0.05, 0.1) is 5.69 Å². The average molecular weight is 387 g/mol. The molecule has 3 unspecified atom stereocenters. The fourth-order valence-corrected chi connectivity index (χ4v) is 4.84. The van der Waals surface area contributed by atoms with Crippen LogP contribution < -0.4 is 16.2 Å². The van der Waals surface area contributed by atoms with Crippen LogP contribution in [0.1, 0.15) is 47.4 Å². The Morgan fingerprint density at radius 1 is 1.21 bits per heavy atom. The van der Waals surface area contributed by atoms with Crippen LogP contribution in [0.2, 0.25) is 0 Å². The van der Waals surface area contributed by atoms with Crippen molar-refractivity contribution in [1.82, 2.24) is 25.9 Å². The number of benzene rings is 1. The topological polar surface area (TPSA) is 71.0 Å². The molecule has 148 valence electrons. The first-order chi connectivity index (χ1) is 13.6. The van der Waals surface area contributed by atoms with Crippen LogP contribution in [0.25, 0.3) is 5.69 Å². The van der Waals surface area contributed by atoms with Gasteiger partial charge in [-0.15, -0.1) is 0 Å². The van der Waals surface area contributed by atoms with Crippen molar-refractivity contribution < 1.29 is 13.6 Å². The number of hydrogen-bond donors (Lipinski definition) is 3. The first-order valence-electron chi connectivity index (χ1n) is 9.95. The zero-order chi connectivity index (χ0) is 19.3. The number of hydrogen-bond acceptors (Lipinski definition) is 4. The van der Waals surface area contributed by atoms with E-state index in [1.807, 2.05) is 0 Å². The molecular formula is C20H23F2N5O. The van der Waals surface area contributed by atoms with Gasteiger partial charge in [0, 0.05) is 36.0 Å². The Bertz CT molecular complexity index is 928. The number of amides is 1. The molecule has 0 spiro atoms. The Labute approximate surface area is 161 Å². The number of nitrogens with one attached hydrogen (secondary N) is 3. The number of halogens is 2. The van der Waals surface area contributed by atoms with Crippen molar-refractivity contribution >= 4 is 5.91 Å². The highest BCUT2D eigenvalue weighted by atomic mass is 19.2. The monoisotopic (exact) mass is 387 g/mol. The van der Waals surface area contributed by atoms with E-state index in [1.54, 1.807) is 4.68 Å². The lowest BCUT2D eigenvalue weighted by molar-refractivity contribution is 0.0912. The van der Waals surface area contributed by atoms with Gasteiger partial charge in [-0.2, -0.15) is 5.10 Å². The lowest BCUT2D eigenvalue weighted by Gasteiger charge is -2.31. The van der Waals surface area contributed by atoms with Crippen LogP contribution in [0, 0.1) is 17.6 Å². The normalized spacial score (nSPS) is 26.1. The van der Waals surface area contributed by atoms with Gasteiger partial charge in [0.1, 0.15) is 0 Å². The van der Waals surface area contributed by atoms with Crippen molar-refractivity contribution in [3.05, 3.63) is 46.8 Å². The zero-order valence-corrected chi connectivity index (χ0v) is 15.5. The highest BCUT2D eigenvalue weighted by molar-refractivity contribution is 5.94. The molecule has 1 saturated carbocycles. The summed E-state index contributed by atoms with van der Waals surface area (Å²) in [7, 11) is 0. The van der Waals surface area contributed by atoms with Gasteiger partial charge in [-0.25, -0.2) is 13.5 Å². The van der Waals surface area contributed by atoms with Gasteiger partial charge < -0.3 is 5.32 Å². The third-order valence-electron chi connectivity index (χ3n) is 6.26. The molecule has 3 N–H and O–H groups in total. The molecule has 0 bridgehead atoms. The average Bonchev–Trinajstić information content (AvgIpc) is 3.39. The maximum Gasteiger partial charge on any atom is 0.272 e. The molecule has 2 aromatic rings. The molecule has 1 saturated heterocycles. The summed E-state index contributed by atoms with van der Waals surface area (Å²) < 4.78 is 28.6. The van der Waals surface area contributed by atoms with E-state index in [9.17, 15) is 13.6 Å². The van der Waals surface area contributed by atoms with E-state index in [2.05, 4.69) is 21.3 Å². The summed E-state index contributed by atoms with van der Waals surface area (Å²) in [6.45, 7) is 0.928. The minimum atomic E-state index is -0.915. The van der Waals surface area contributed by atoms with Crippen molar-refractivity contribution in [3.8, 4) is 5.69 Å². The number of carbonyl (C=O) groups is 1. The lowest BCUT2D eigenvalue weighted by atomic mass is 9.83. The third kappa shape index (κ3) is 3.00. The van der Waals surface area contributed by atoms with Gasteiger partial charge in [0.15, 0.2) is 17.3 Å². The Hall–Kier alpha value is -2.32. The molecule has 0 radical (unpaired) electrons. The largest absolute Gasteiger partial charge is 0.348 e. The number of fused-ring (bicyclic) bond motifs is 2. The van der Waals surface area contributed by atoms with E-state index in [0.717, 1.165) is 68.5 Å². The Morgan fingerprint density at radius 2 is 2.11 bits per heavy atom. The summed E-state index contributed by atoms with van der Waals surface area (Å²) in [4.78, 5) is 13.0. The Kier molecular flexibility index (Phi) is 4.40. The summed E-state index contributed by atoms with van der Waals surface area (Å²) in [5, 5.41) is 7.65. The summed E-state index contributed by atoms with van der Waals surface area (Å²) in [6.07, 6.45) is 5.41. The molecule has 2 heterocycles. The van der Waals surface area contributed by atoms with Crippen LogP contribution in [0.5, 0.6) is 0 Å². The van der Waals surface area contributed by atoms with Crippen molar-refractivity contribution in [2.45, 2.75) is 50.6 Å². The molecule has 6 nitrogen and oxygen atoms in total. The standard InChI is InChI=1S/C20H23F2N5O/c21-15-6-5-13(9-16(15)22)27-18-3-1-2-14(18)19(26-27)20(28)24-12-4-7-17-11(8-12)10-23-25-17/h5-6,9,11-12,17,23,25H,1-4,7-8,10H2,(H,24,28). The van der Waals surface area contributed by atoms with Crippen LogP contribution in [-0.2, 0) is 12.8 Å². The predicted molar refractivity (Wildman–Crippen MR) is 99.0 cm³/mol. The molecule has 2 aliphatic carbocycles. The second kappa shape index (κ2) is 6.93. The second-order valence-electron chi connectivity index (χ2n) is 8.01. The molecule has 1 aromatic heterocycles. The molecule has 1 aromatic carbocycles. The van der Waals surface area contributed by atoms with Crippen LogP contribution in [0.3, 0.4) is 0 Å². The highest BCUT2D eigenvalue weighted by Crippen LogP contribution is 2.30. The highest BCUT2D eigenvalue weighted by Gasteiger charge is 2.35. The van der Waals surface area contributed by atoms with Crippen LogP contribution in [0.15, 0.2) is 18.2 Å². The van der Waals surface area contributed by atoms with Crippen LogP contribution in [0.4, 0.5) is 8.78 Å². The van der Waals surface area contributed by atoms with Crippen molar-refractivity contribution in [3.63, 3.8) is 0 Å². The molecule has 8 heteroatoms. The maximum atomic E-state index is 13.7. The van der Waals surface area contributed by atoms with Crippen LogP contribution in [-0.4, -0.2) is 34.3 Å². The fourth-order valence-electron chi connectivity index (χ4n) is 4.84. The molecule has 28 heavy (non-hydrogen) atoms. The predicted octanol–water partition coefficient (Wildman–Crippen LogP) is 2.01. The second-order valence-corrected chi connectivity index (χ2v) is 8.01. The number of hydrazine groups is 1. The smallest absolute Gasteiger partial charge is 0.272 e. The quantitative estimate of drug-likeness (QED) is 0.754. The van der Waals surface area contributed by atoms with Crippen molar-refractivity contribution in [1.29, 1.82) is 0 Å². The minimum absolute atomic E-state index is 0.140. The van der Waals surface area contributed by atoms with Gasteiger partial charge in [-0.1, -0.05) is 0 Å². The van der Waals surface area contributed by atoms with Gasteiger partial charge in [0.25, 0.3) is 5.91 Å². The van der Waals surface area contributed by atoms with Crippen LogP contribution >= 0.6 is 0 Å². The number of rotatable bonds is 3. The Balaban J connectivity index is 1.39. The van der Waals surface area contributed by atoms with E-state index in [1.165, 1.54) is 6.07 Å². The first-order valence-corrected chi connectivity index (χ1v) is 9.95. The van der Waals surface area contributed by atoms with Gasteiger partial charge in [-0.3, -0.25) is 15.6 Å². The Morgan fingerprint density at radius 3 is 2.96 bits per heavy atom. The SMILES string of the molecule is O=C(NC1CCC2NNCC2C1)c1nn(-c2ccc(F)c(F)c2)c2c1CCC2. The third-order valence-corrected chi connectivity index (χ3v) is 6.26. The molecule has 5 rings (SSSR count). The fraction of sp³-hybridized carbons (Fsp3) is 0.500. The van der Waals surface area contributed by atoms with Crippen molar-refractivity contribution in [2.24, 2.45) is 5.92 Å². The van der Waals surface area contributed by atoms with E-state index in [-0.39, 0.29) is 11.9 Å². The van der Waals surface area contributed by atoms with Gasteiger partial charge in [-0.05, 0) is 56.6 Å². The summed E-state index contributed by atoms with van der Waals surface area (Å²) in [5.41, 5.74) is 9.20. The number of nitrogens with zero attached hydrogens (tertiary/aromatic N) is 2. The minimum Gasteiger partial charge on any atom is -0.348 e. The van der Waals surface area contributed by atoms with Crippen molar-refractivity contribution in [2.75, 3.05) is 6.54 Å². The van der Waals surface area contributed by atoms with Gasteiger partial charge in [0.2, 0.25) is 0 Å². The number of carbonyl (C=O) groups excluding carboxylic acids is 1. The summed E-state index contributed by atoms with van der Waals surface area (Å²) in [6, 6.07) is 4.35. The molecule has 3 atom stereocenters. The van der Waals surface area contributed by atoms with Gasteiger partial charge >= 0.3 is 0 Å². The zero-order valence-electron chi connectivity index (χ0n) is 15.5. The molecule has 2 fully saturated rings.